The minimum atomic E-state index is -2.84. The van der Waals surface area contributed by atoms with Crippen molar-refractivity contribution in [3.05, 3.63) is 29.8 Å². The molecule has 1 fully saturated rings. The van der Waals surface area contributed by atoms with Gasteiger partial charge in [-0.2, -0.15) is 8.78 Å². The second-order valence-electron chi connectivity index (χ2n) is 4.43. The molecule has 0 aliphatic carbocycles. The van der Waals surface area contributed by atoms with Gasteiger partial charge in [0, 0.05) is 13.1 Å². The van der Waals surface area contributed by atoms with Crippen molar-refractivity contribution in [1.82, 2.24) is 10.6 Å². The molecule has 19 heavy (non-hydrogen) atoms. The van der Waals surface area contributed by atoms with Gasteiger partial charge < -0.3 is 15.4 Å². The lowest BCUT2D eigenvalue weighted by molar-refractivity contribution is -0.124. The highest BCUT2D eigenvalue weighted by Gasteiger charge is 2.21. The quantitative estimate of drug-likeness (QED) is 0.852. The van der Waals surface area contributed by atoms with Gasteiger partial charge in [-0.15, -0.1) is 0 Å². The van der Waals surface area contributed by atoms with Gasteiger partial charge in [-0.1, -0.05) is 12.1 Å². The zero-order chi connectivity index (χ0) is 13.7. The molecule has 1 amide bonds. The van der Waals surface area contributed by atoms with Crippen LogP contribution in [0.4, 0.5) is 8.78 Å². The molecule has 1 aromatic rings. The molecule has 0 spiro atoms. The molecular formula is C13H16F2N2O2. The van der Waals surface area contributed by atoms with E-state index in [0.717, 1.165) is 18.5 Å². The number of amides is 1. The Hall–Kier alpha value is -1.69. The molecule has 104 valence electrons. The Morgan fingerprint density at radius 3 is 3.05 bits per heavy atom. The topological polar surface area (TPSA) is 50.4 Å². The first-order valence-electron chi connectivity index (χ1n) is 6.17. The number of ether oxygens (including phenoxy) is 1. The predicted molar refractivity (Wildman–Crippen MR) is 65.9 cm³/mol. The lowest BCUT2D eigenvalue weighted by Crippen LogP contribution is -2.31. The van der Waals surface area contributed by atoms with E-state index in [4.69, 9.17) is 0 Å². The fourth-order valence-corrected chi connectivity index (χ4v) is 2.04. The van der Waals surface area contributed by atoms with Crippen LogP contribution in [0.25, 0.3) is 0 Å². The van der Waals surface area contributed by atoms with E-state index in [1.807, 2.05) is 0 Å². The molecule has 6 heteroatoms. The Kier molecular flexibility index (Phi) is 4.68. The molecule has 1 unspecified atom stereocenters. The zero-order valence-electron chi connectivity index (χ0n) is 10.4. The zero-order valence-corrected chi connectivity index (χ0v) is 10.4. The van der Waals surface area contributed by atoms with Crippen LogP contribution in [0, 0.1) is 5.92 Å². The average Bonchev–Trinajstić information content (AvgIpc) is 2.89. The standard InChI is InChI=1S/C13H16F2N2O2/c14-13(15)19-11-3-1-2-9(6-11)7-17-12(18)10-4-5-16-8-10/h1-3,6,10,13,16H,4-5,7-8H2,(H,17,18). The molecule has 1 aliphatic heterocycles. The summed E-state index contributed by atoms with van der Waals surface area (Å²) < 4.78 is 28.4. The second kappa shape index (κ2) is 6.47. The van der Waals surface area contributed by atoms with Crippen LogP contribution in [0.3, 0.4) is 0 Å². The second-order valence-corrected chi connectivity index (χ2v) is 4.43. The molecule has 2 N–H and O–H groups in total. The van der Waals surface area contributed by atoms with Gasteiger partial charge >= 0.3 is 6.61 Å². The third kappa shape index (κ3) is 4.17. The summed E-state index contributed by atoms with van der Waals surface area (Å²) in [5, 5.41) is 5.92. The molecule has 1 aliphatic rings. The van der Waals surface area contributed by atoms with Crippen molar-refractivity contribution in [3.63, 3.8) is 0 Å². The van der Waals surface area contributed by atoms with E-state index >= 15 is 0 Å². The summed E-state index contributed by atoms with van der Waals surface area (Å²) in [7, 11) is 0. The molecule has 0 bridgehead atoms. The van der Waals surface area contributed by atoms with E-state index in [1.54, 1.807) is 12.1 Å². The minimum absolute atomic E-state index is 0.000460. The Balaban J connectivity index is 1.86. The van der Waals surface area contributed by atoms with E-state index in [2.05, 4.69) is 15.4 Å². The fourth-order valence-electron chi connectivity index (χ4n) is 2.04. The fraction of sp³-hybridized carbons (Fsp3) is 0.462. The normalized spacial score (nSPS) is 18.6. The van der Waals surface area contributed by atoms with Crippen LogP contribution >= 0.6 is 0 Å². The SMILES string of the molecule is O=C(NCc1cccc(OC(F)F)c1)C1CCNC1. The van der Waals surface area contributed by atoms with Crippen molar-refractivity contribution in [2.24, 2.45) is 5.92 Å². The van der Waals surface area contributed by atoms with Crippen LogP contribution in [0.1, 0.15) is 12.0 Å². The number of rotatable bonds is 5. The van der Waals surface area contributed by atoms with Gasteiger partial charge in [0.05, 0.1) is 5.92 Å². The molecular weight excluding hydrogens is 254 g/mol. The van der Waals surface area contributed by atoms with Crippen molar-refractivity contribution in [1.29, 1.82) is 0 Å². The maximum Gasteiger partial charge on any atom is 0.387 e. The van der Waals surface area contributed by atoms with E-state index in [-0.39, 0.29) is 17.6 Å². The van der Waals surface area contributed by atoms with Crippen molar-refractivity contribution >= 4 is 5.91 Å². The monoisotopic (exact) mass is 270 g/mol. The molecule has 0 saturated carbocycles. The molecule has 2 rings (SSSR count). The molecule has 0 aromatic heterocycles. The van der Waals surface area contributed by atoms with Crippen molar-refractivity contribution in [2.75, 3.05) is 13.1 Å². The van der Waals surface area contributed by atoms with Crippen molar-refractivity contribution < 1.29 is 18.3 Å². The van der Waals surface area contributed by atoms with Crippen LogP contribution in [0.5, 0.6) is 5.75 Å². The van der Waals surface area contributed by atoms with Crippen LogP contribution in [-0.4, -0.2) is 25.6 Å². The van der Waals surface area contributed by atoms with Gasteiger partial charge in [0.15, 0.2) is 0 Å². The Morgan fingerprint density at radius 1 is 1.53 bits per heavy atom. The maximum absolute atomic E-state index is 12.1. The van der Waals surface area contributed by atoms with E-state index < -0.39 is 6.61 Å². The number of halogens is 2. The molecule has 1 atom stereocenters. The molecule has 4 nitrogen and oxygen atoms in total. The van der Waals surface area contributed by atoms with Gasteiger partial charge in [-0.25, -0.2) is 0 Å². The highest BCUT2D eigenvalue weighted by molar-refractivity contribution is 5.79. The maximum atomic E-state index is 12.1. The summed E-state index contributed by atoms with van der Waals surface area (Å²) in [5.41, 5.74) is 0.734. The minimum Gasteiger partial charge on any atom is -0.435 e. The van der Waals surface area contributed by atoms with Crippen LogP contribution in [0.15, 0.2) is 24.3 Å². The summed E-state index contributed by atoms with van der Waals surface area (Å²) in [6.45, 7) is -0.972. The van der Waals surface area contributed by atoms with Gasteiger partial charge in [-0.3, -0.25) is 4.79 Å². The Labute approximate surface area is 110 Å². The first kappa shape index (κ1) is 13.7. The molecule has 0 radical (unpaired) electrons. The van der Waals surface area contributed by atoms with Crippen molar-refractivity contribution in [2.45, 2.75) is 19.6 Å². The van der Waals surface area contributed by atoms with E-state index in [9.17, 15) is 13.6 Å². The van der Waals surface area contributed by atoms with E-state index in [1.165, 1.54) is 12.1 Å². The number of hydrogen-bond acceptors (Lipinski definition) is 3. The van der Waals surface area contributed by atoms with Crippen LogP contribution < -0.4 is 15.4 Å². The Bertz CT molecular complexity index is 434. The summed E-state index contributed by atoms with van der Waals surface area (Å²) in [5.74, 6) is 0.0926. The first-order valence-corrected chi connectivity index (χ1v) is 6.17. The van der Waals surface area contributed by atoms with Crippen molar-refractivity contribution in [3.8, 4) is 5.75 Å². The largest absolute Gasteiger partial charge is 0.435 e. The predicted octanol–water partition coefficient (Wildman–Crippen LogP) is 1.51. The number of nitrogens with one attached hydrogen (secondary N) is 2. The molecule has 1 saturated heterocycles. The lowest BCUT2D eigenvalue weighted by atomic mass is 10.1. The highest BCUT2D eigenvalue weighted by atomic mass is 19.3. The molecule has 1 heterocycles. The number of alkyl halides is 2. The Morgan fingerprint density at radius 2 is 2.37 bits per heavy atom. The smallest absolute Gasteiger partial charge is 0.387 e. The van der Waals surface area contributed by atoms with Gasteiger partial charge in [-0.05, 0) is 30.7 Å². The number of benzene rings is 1. The van der Waals surface area contributed by atoms with Gasteiger partial charge in [0.1, 0.15) is 5.75 Å². The summed E-state index contributed by atoms with van der Waals surface area (Å²) >= 11 is 0. The first-order chi connectivity index (χ1) is 9.15. The average molecular weight is 270 g/mol. The summed E-state index contributed by atoms with van der Waals surface area (Å²) in [6, 6.07) is 6.33. The van der Waals surface area contributed by atoms with Crippen LogP contribution in [0.2, 0.25) is 0 Å². The van der Waals surface area contributed by atoms with Gasteiger partial charge in [0.25, 0.3) is 0 Å². The van der Waals surface area contributed by atoms with E-state index in [0.29, 0.717) is 13.1 Å². The highest BCUT2D eigenvalue weighted by Crippen LogP contribution is 2.16. The van der Waals surface area contributed by atoms with Gasteiger partial charge in [0.2, 0.25) is 5.91 Å². The van der Waals surface area contributed by atoms with Crippen LogP contribution in [-0.2, 0) is 11.3 Å². The third-order valence-electron chi connectivity index (χ3n) is 3.02. The number of hydrogen-bond donors (Lipinski definition) is 2. The number of carbonyl (C=O) groups is 1. The summed E-state index contributed by atoms with van der Waals surface area (Å²) in [4.78, 5) is 11.8. The summed E-state index contributed by atoms with van der Waals surface area (Å²) in [6.07, 6.45) is 0.834. The third-order valence-corrected chi connectivity index (χ3v) is 3.02. The molecule has 1 aromatic carbocycles. The lowest BCUT2D eigenvalue weighted by Gasteiger charge is -2.11. The number of carbonyl (C=O) groups excluding carboxylic acids is 1.